The fourth-order valence-electron chi connectivity index (χ4n) is 1.41. The van der Waals surface area contributed by atoms with Crippen LogP contribution in [0.2, 0.25) is 0 Å². The first kappa shape index (κ1) is 14.8. The Kier molecular flexibility index (Phi) is 5.47. The van der Waals surface area contributed by atoms with Crippen LogP contribution in [0.1, 0.15) is 30.7 Å². The summed E-state index contributed by atoms with van der Waals surface area (Å²) in [7, 11) is 0. The van der Waals surface area contributed by atoms with Crippen molar-refractivity contribution in [2.45, 2.75) is 25.1 Å². The smallest absolute Gasteiger partial charge is 0.305 e. The van der Waals surface area contributed by atoms with Crippen molar-refractivity contribution >= 4 is 17.6 Å². The topological polar surface area (TPSA) is 26.3 Å². The quantitative estimate of drug-likeness (QED) is 0.467. The second-order valence-corrected chi connectivity index (χ2v) is 4.13. The number of hydrogen-bond acceptors (Lipinski definition) is 2. The molecule has 18 heavy (non-hydrogen) atoms. The van der Waals surface area contributed by atoms with E-state index in [2.05, 4.69) is 4.74 Å². The number of halogens is 4. The molecule has 2 nitrogen and oxygen atoms in total. The second kappa shape index (κ2) is 6.64. The van der Waals surface area contributed by atoms with Gasteiger partial charge in [0.15, 0.2) is 11.6 Å². The molecule has 0 saturated heterocycles. The molecule has 100 valence electrons. The van der Waals surface area contributed by atoms with E-state index in [0.29, 0.717) is 12.1 Å². The maximum Gasteiger partial charge on any atom is 0.305 e. The lowest BCUT2D eigenvalue weighted by molar-refractivity contribution is -0.143. The van der Waals surface area contributed by atoms with E-state index in [0.717, 1.165) is 0 Å². The highest BCUT2D eigenvalue weighted by atomic mass is 35.5. The van der Waals surface area contributed by atoms with E-state index >= 15 is 0 Å². The van der Waals surface area contributed by atoms with E-state index in [4.69, 9.17) is 11.6 Å². The van der Waals surface area contributed by atoms with Crippen LogP contribution in [-0.4, -0.2) is 12.6 Å². The number of esters is 1. The van der Waals surface area contributed by atoms with Gasteiger partial charge in [0.25, 0.3) is 0 Å². The van der Waals surface area contributed by atoms with Gasteiger partial charge >= 0.3 is 5.97 Å². The summed E-state index contributed by atoms with van der Waals surface area (Å²) in [6.07, 6.45) is 0.0722. The van der Waals surface area contributed by atoms with Gasteiger partial charge in [-0.2, -0.15) is 0 Å². The number of carbonyl (C=O) groups is 1. The van der Waals surface area contributed by atoms with Crippen LogP contribution >= 0.6 is 11.6 Å². The molecule has 0 bridgehead atoms. The maximum atomic E-state index is 13.3. The van der Waals surface area contributed by atoms with E-state index in [-0.39, 0.29) is 25.0 Å². The summed E-state index contributed by atoms with van der Waals surface area (Å²) in [5.74, 6) is -3.84. The third-order valence-corrected chi connectivity index (χ3v) is 2.74. The Hall–Kier alpha value is -1.23. The molecule has 0 aliphatic heterocycles. The molecule has 1 unspecified atom stereocenters. The maximum absolute atomic E-state index is 13.3. The molecule has 0 heterocycles. The average Bonchev–Trinajstić information content (AvgIpc) is 2.31. The third kappa shape index (κ3) is 3.91. The zero-order valence-corrected chi connectivity index (χ0v) is 10.4. The second-order valence-electron chi connectivity index (χ2n) is 3.60. The average molecular weight is 281 g/mol. The highest BCUT2D eigenvalue weighted by Gasteiger charge is 2.18. The Labute approximate surface area is 108 Å². The largest absolute Gasteiger partial charge is 0.466 e. The number of rotatable bonds is 5. The Morgan fingerprint density at radius 3 is 2.50 bits per heavy atom. The lowest BCUT2D eigenvalue weighted by Gasteiger charge is -2.11. The first-order chi connectivity index (χ1) is 8.45. The van der Waals surface area contributed by atoms with Crippen molar-refractivity contribution in [1.82, 2.24) is 0 Å². The van der Waals surface area contributed by atoms with E-state index in [1.54, 1.807) is 6.92 Å². The van der Waals surface area contributed by atoms with Crippen molar-refractivity contribution in [3.8, 4) is 0 Å². The molecule has 0 aliphatic rings. The Morgan fingerprint density at radius 1 is 1.28 bits per heavy atom. The molecule has 0 aromatic heterocycles. The number of carbonyl (C=O) groups excluding carboxylic acids is 1. The van der Waals surface area contributed by atoms with Gasteiger partial charge in [-0.1, -0.05) is 0 Å². The number of hydrogen-bond donors (Lipinski definition) is 0. The molecule has 0 radical (unpaired) electrons. The van der Waals surface area contributed by atoms with Gasteiger partial charge in [-0.15, -0.1) is 11.6 Å². The third-order valence-electron chi connectivity index (χ3n) is 2.28. The number of alkyl halides is 1. The summed E-state index contributed by atoms with van der Waals surface area (Å²) in [5.41, 5.74) is -0.167. The number of benzene rings is 1. The predicted octanol–water partition coefficient (Wildman–Crippen LogP) is 3.73. The van der Waals surface area contributed by atoms with E-state index in [1.165, 1.54) is 0 Å². The molecule has 6 heteroatoms. The standard InChI is InChI=1S/C12H12ClF3O2/c1-2-18-12(17)4-3-8(13)7-5-10(15)11(16)6-9(7)14/h5-6,8H,2-4H2,1H3. The van der Waals surface area contributed by atoms with Crippen LogP contribution in [0.4, 0.5) is 13.2 Å². The molecule has 0 saturated carbocycles. The fourth-order valence-corrected chi connectivity index (χ4v) is 1.69. The van der Waals surface area contributed by atoms with Crippen molar-refractivity contribution < 1.29 is 22.7 Å². The van der Waals surface area contributed by atoms with Gasteiger partial charge in [-0.3, -0.25) is 4.79 Å². The van der Waals surface area contributed by atoms with Crippen molar-refractivity contribution in [3.63, 3.8) is 0 Å². The van der Waals surface area contributed by atoms with Crippen LogP contribution in [-0.2, 0) is 9.53 Å². The molecule has 1 aromatic carbocycles. The van der Waals surface area contributed by atoms with E-state index in [1.807, 2.05) is 0 Å². The Bertz CT molecular complexity index is 438. The van der Waals surface area contributed by atoms with Gasteiger partial charge in [-0.05, 0) is 19.4 Å². The highest BCUT2D eigenvalue weighted by molar-refractivity contribution is 6.20. The number of ether oxygens (including phenoxy) is 1. The van der Waals surface area contributed by atoms with Crippen molar-refractivity contribution in [2.24, 2.45) is 0 Å². The van der Waals surface area contributed by atoms with E-state index < -0.39 is 28.8 Å². The first-order valence-electron chi connectivity index (χ1n) is 5.39. The van der Waals surface area contributed by atoms with Gasteiger partial charge in [-0.25, -0.2) is 13.2 Å². The van der Waals surface area contributed by atoms with Gasteiger partial charge < -0.3 is 4.74 Å². The zero-order chi connectivity index (χ0) is 13.7. The lowest BCUT2D eigenvalue weighted by Crippen LogP contribution is -2.06. The monoisotopic (exact) mass is 280 g/mol. The normalized spacial score (nSPS) is 12.3. The molecule has 1 rings (SSSR count). The summed E-state index contributed by atoms with van der Waals surface area (Å²) in [6, 6.07) is 1.14. The molecule has 0 spiro atoms. The molecular formula is C12H12ClF3O2. The van der Waals surface area contributed by atoms with Crippen molar-refractivity contribution in [1.29, 1.82) is 0 Å². The highest BCUT2D eigenvalue weighted by Crippen LogP contribution is 2.29. The minimum atomic E-state index is -1.27. The van der Waals surface area contributed by atoms with Crippen molar-refractivity contribution in [3.05, 3.63) is 35.1 Å². The molecule has 1 aromatic rings. The van der Waals surface area contributed by atoms with Crippen LogP contribution < -0.4 is 0 Å². The van der Waals surface area contributed by atoms with Crippen LogP contribution in [0.15, 0.2) is 12.1 Å². The van der Waals surface area contributed by atoms with Gasteiger partial charge in [0.2, 0.25) is 0 Å². The summed E-state index contributed by atoms with van der Waals surface area (Å²) in [6.45, 7) is 1.90. The zero-order valence-electron chi connectivity index (χ0n) is 9.68. The minimum absolute atomic E-state index is 0.0135. The summed E-state index contributed by atoms with van der Waals surface area (Å²) in [5, 5.41) is -0.912. The van der Waals surface area contributed by atoms with Crippen LogP contribution in [0.3, 0.4) is 0 Å². The molecule has 0 amide bonds. The minimum Gasteiger partial charge on any atom is -0.466 e. The fraction of sp³-hybridized carbons (Fsp3) is 0.417. The van der Waals surface area contributed by atoms with Crippen LogP contribution in [0.5, 0.6) is 0 Å². The van der Waals surface area contributed by atoms with Gasteiger partial charge in [0.05, 0.1) is 12.0 Å². The van der Waals surface area contributed by atoms with E-state index in [9.17, 15) is 18.0 Å². The predicted molar refractivity (Wildman–Crippen MR) is 60.8 cm³/mol. The van der Waals surface area contributed by atoms with Crippen LogP contribution in [0, 0.1) is 17.5 Å². The Morgan fingerprint density at radius 2 is 1.89 bits per heavy atom. The first-order valence-corrected chi connectivity index (χ1v) is 5.83. The lowest BCUT2D eigenvalue weighted by atomic mass is 10.1. The van der Waals surface area contributed by atoms with Gasteiger partial charge in [0.1, 0.15) is 5.82 Å². The van der Waals surface area contributed by atoms with Crippen LogP contribution in [0.25, 0.3) is 0 Å². The Balaban J connectivity index is 2.69. The summed E-state index contributed by atoms with van der Waals surface area (Å²) >= 11 is 5.84. The molecular weight excluding hydrogens is 269 g/mol. The summed E-state index contributed by atoms with van der Waals surface area (Å²) in [4.78, 5) is 11.1. The molecule has 0 fully saturated rings. The van der Waals surface area contributed by atoms with Gasteiger partial charge in [0, 0.05) is 18.1 Å². The SMILES string of the molecule is CCOC(=O)CCC(Cl)c1cc(F)c(F)cc1F. The summed E-state index contributed by atoms with van der Waals surface area (Å²) < 4.78 is 43.7. The molecule has 0 N–H and O–H groups in total. The molecule has 0 aliphatic carbocycles. The molecule has 1 atom stereocenters. The van der Waals surface area contributed by atoms with Crippen molar-refractivity contribution in [2.75, 3.05) is 6.61 Å².